The number of benzene rings is 1. The number of ether oxygens (including phenoxy) is 2. The zero-order chi connectivity index (χ0) is 18.1. The average molecular weight is 427 g/mol. The lowest BCUT2D eigenvalue weighted by Crippen LogP contribution is -2.63. The minimum Gasteiger partial charge on any atom is -0.444 e. The summed E-state index contributed by atoms with van der Waals surface area (Å²) in [4.78, 5) is 13.0. The van der Waals surface area contributed by atoms with Gasteiger partial charge >= 0.3 is 6.09 Å². The number of hydrogen-bond donors (Lipinski definition) is 0. The number of nitrogens with zero attached hydrogens (tertiary/aromatic N) is 1. The maximum Gasteiger partial charge on any atom is 0.410 e. The monoisotopic (exact) mass is 425 g/mol. The number of amides is 1. The number of alkyl halides is 1. The quantitative estimate of drug-likeness (QED) is 0.654. The standard InChI is InChI=1S/C16H19BrClF2NO3/c1-15(2,3)24-14(22)21-7-16(20,8-21)9-23-6-10-4-13(19)11(17)5-12(10)18/h4-5H,6-9H2,1-3H3. The summed E-state index contributed by atoms with van der Waals surface area (Å²) in [5, 5.41) is 0.333. The van der Waals surface area contributed by atoms with Crippen molar-refractivity contribution < 1.29 is 23.0 Å². The van der Waals surface area contributed by atoms with Crippen molar-refractivity contribution in [3.05, 3.63) is 33.0 Å². The molecule has 1 heterocycles. The van der Waals surface area contributed by atoms with Crippen LogP contribution in [0.25, 0.3) is 0 Å². The van der Waals surface area contributed by atoms with Gasteiger partial charge in [-0.1, -0.05) is 11.6 Å². The van der Waals surface area contributed by atoms with Crippen molar-refractivity contribution in [3.8, 4) is 0 Å². The van der Waals surface area contributed by atoms with E-state index in [4.69, 9.17) is 21.1 Å². The lowest BCUT2D eigenvalue weighted by atomic mass is 9.98. The molecule has 0 N–H and O–H groups in total. The number of likely N-dealkylation sites (tertiary alicyclic amines) is 1. The molecule has 0 radical (unpaired) electrons. The third kappa shape index (κ3) is 5.04. The maximum atomic E-state index is 14.4. The Morgan fingerprint density at radius 3 is 2.62 bits per heavy atom. The Balaban J connectivity index is 1.80. The van der Waals surface area contributed by atoms with Crippen molar-refractivity contribution in [2.45, 2.75) is 38.6 Å². The maximum absolute atomic E-state index is 14.4. The van der Waals surface area contributed by atoms with Crippen molar-refractivity contribution in [3.63, 3.8) is 0 Å². The highest BCUT2D eigenvalue weighted by Gasteiger charge is 2.47. The number of hydrogen-bond acceptors (Lipinski definition) is 3. The SMILES string of the molecule is CC(C)(C)OC(=O)N1CC(F)(COCc2cc(F)c(Br)cc2Cl)C1. The molecule has 0 unspecified atom stereocenters. The molecule has 134 valence electrons. The van der Waals surface area contributed by atoms with Crippen molar-refractivity contribution in [1.82, 2.24) is 4.90 Å². The topological polar surface area (TPSA) is 38.8 Å². The van der Waals surface area contributed by atoms with Crippen molar-refractivity contribution in [2.75, 3.05) is 19.7 Å². The van der Waals surface area contributed by atoms with E-state index >= 15 is 0 Å². The van der Waals surface area contributed by atoms with Crippen LogP contribution in [0.15, 0.2) is 16.6 Å². The minimum absolute atomic E-state index is 0.0128. The van der Waals surface area contributed by atoms with Crippen LogP contribution in [-0.2, 0) is 16.1 Å². The number of halogens is 4. The summed E-state index contributed by atoms with van der Waals surface area (Å²) in [5.41, 5.74) is -1.81. The van der Waals surface area contributed by atoms with Crippen LogP contribution < -0.4 is 0 Å². The van der Waals surface area contributed by atoms with E-state index in [1.165, 1.54) is 17.0 Å². The van der Waals surface area contributed by atoms with Crippen LogP contribution in [0, 0.1) is 5.82 Å². The normalized spacial score (nSPS) is 16.7. The Labute approximate surface area is 153 Å². The Bertz CT molecular complexity index is 630. The summed E-state index contributed by atoms with van der Waals surface area (Å²) < 4.78 is 38.6. The van der Waals surface area contributed by atoms with Gasteiger partial charge in [-0.25, -0.2) is 13.6 Å². The highest BCUT2D eigenvalue weighted by molar-refractivity contribution is 9.10. The zero-order valence-electron chi connectivity index (χ0n) is 13.7. The van der Waals surface area contributed by atoms with Gasteiger partial charge in [0.1, 0.15) is 11.4 Å². The molecule has 1 fully saturated rings. The van der Waals surface area contributed by atoms with Gasteiger partial charge in [0.15, 0.2) is 5.67 Å². The van der Waals surface area contributed by atoms with Crippen LogP contribution in [0.3, 0.4) is 0 Å². The number of rotatable bonds is 4. The van der Waals surface area contributed by atoms with Crippen LogP contribution in [0.1, 0.15) is 26.3 Å². The number of carbonyl (C=O) groups is 1. The second-order valence-corrected chi connectivity index (χ2v) is 8.10. The second kappa shape index (κ2) is 7.14. The molecular formula is C16H19BrClF2NO3. The molecule has 0 atom stereocenters. The molecule has 4 nitrogen and oxygen atoms in total. The second-order valence-electron chi connectivity index (χ2n) is 6.84. The van der Waals surface area contributed by atoms with Crippen molar-refractivity contribution in [2.24, 2.45) is 0 Å². The number of carbonyl (C=O) groups excluding carboxylic acids is 1. The fraction of sp³-hybridized carbons (Fsp3) is 0.562. The molecule has 0 bridgehead atoms. The Kier molecular flexibility index (Phi) is 5.77. The van der Waals surface area contributed by atoms with E-state index in [0.29, 0.717) is 10.6 Å². The Morgan fingerprint density at radius 2 is 2.04 bits per heavy atom. The van der Waals surface area contributed by atoms with E-state index in [1.54, 1.807) is 20.8 Å². The highest BCUT2D eigenvalue weighted by Crippen LogP contribution is 2.29. The molecule has 2 rings (SSSR count). The molecule has 1 aromatic rings. The molecule has 0 aliphatic carbocycles. The predicted molar refractivity (Wildman–Crippen MR) is 90.4 cm³/mol. The first kappa shape index (κ1) is 19.4. The summed E-state index contributed by atoms with van der Waals surface area (Å²) in [6, 6.07) is 2.67. The molecule has 1 aromatic carbocycles. The largest absolute Gasteiger partial charge is 0.444 e. The van der Waals surface area contributed by atoms with Gasteiger partial charge in [-0.3, -0.25) is 0 Å². The average Bonchev–Trinajstić information content (AvgIpc) is 2.39. The van der Waals surface area contributed by atoms with Gasteiger partial charge in [0.2, 0.25) is 0 Å². The molecule has 8 heteroatoms. The third-order valence-corrected chi connectivity index (χ3v) is 4.27. The summed E-state index contributed by atoms with van der Waals surface area (Å²) in [6.45, 7) is 4.84. The minimum atomic E-state index is -1.63. The molecule has 0 saturated carbocycles. The van der Waals surface area contributed by atoms with E-state index in [2.05, 4.69) is 15.9 Å². The van der Waals surface area contributed by atoms with Crippen LogP contribution in [0.2, 0.25) is 5.02 Å². The van der Waals surface area contributed by atoms with Gasteiger partial charge in [-0.2, -0.15) is 0 Å². The fourth-order valence-corrected chi connectivity index (χ4v) is 2.90. The van der Waals surface area contributed by atoms with Gasteiger partial charge < -0.3 is 14.4 Å². The lowest BCUT2D eigenvalue weighted by molar-refractivity contribution is -0.0918. The predicted octanol–water partition coefficient (Wildman–Crippen LogP) is 4.72. The molecule has 0 aromatic heterocycles. The van der Waals surface area contributed by atoms with Gasteiger partial charge in [-0.05, 0) is 54.4 Å². The summed E-state index contributed by atoms with van der Waals surface area (Å²) in [5.74, 6) is -0.465. The first-order chi connectivity index (χ1) is 11.0. The first-order valence-corrected chi connectivity index (χ1v) is 8.54. The highest BCUT2D eigenvalue weighted by atomic mass is 79.9. The van der Waals surface area contributed by atoms with Crippen LogP contribution in [0.5, 0.6) is 0 Å². The van der Waals surface area contributed by atoms with Crippen molar-refractivity contribution in [1.29, 1.82) is 0 Å². The Hall–Kier alpha value is -0.920. The van der Waals surface area contributed by atoms with E-state index in [-0.39, 0.29) is 30.8 Å². The summed E-state index contributed by atoms with van der Waals surface area (Å²) >= 11 is 9.02. The zero-order valence-corrected chi connectivity index (χ0v) is 16.0. The summed E-state index contributed by atoms with van der Waals surface area (Å²) in [7, 11) is 0. The van der Waals surface area contributed by atoms with Crippen LogP contribution >= 0.6 is 27.5 Å². The third-order valence-electron chi connectivity index (χ3n) is 3.31. The molecular weight excluding hydrogens is 408 g/mol. The smallest absolute Gasteiger partial charge is 0.410 e. The van der Waals surface area contributed by atoms with E-state index in [9.17, 15) is 13.6 Å². The molecule has 1 aliphatic heterocycles. The van der Waals surface area contributed by atoms with E-state index < -0.39 is 23.2 Å². The molecule has 24 heavy (non-hydrogen) atoms. The molecule has 1 saturated heterocycles. The van der Waals surface area contributed by atoms with Crippen LogP contribution in [0.4, 0.5) is 13.6 Å². The summed E-state index contributed by atoms with van der Waals surface area (Å²) in [6.07, 6.45) is -0.547. The lowest BCUT2D eigenvalue weighted by Gasteiger charge is -2.44. The molecule has 1 amide bonds. The van der Waals surface area contributed by atoms with Gasteiger partial charge in [0.05, 0.1) is 30.8 Å². The Morgan fingerprint density at radius 1 is 1.42 bits per heavy atom. The van der Waals surface area contributed by atoms with Crippen molar-refractivity contribution >= 4 is 33.6 Å². The molecule has 0 spiro atoms. The molecule has 1 aliphatic rings. The van der Waals surface area contributed by atoms with Gasteiger partial charge in [-0.15, -0.1) is 0 Å². The first-order valence-electron chi connectivity index (χ1n) is 7.37. The van der Waals surface area contributed by atoms with E-state index in [0.717, 1.165) is 0 Å². The van der Waals surface area contributed by atoms with Crippen LogP contribution in [-0.4, -0.2) is 42.0 Å². The van der Waals surface area contributed by atoms with Gasteiger partial charge in [0.25, 0.3) is 0 Å². The fourth-order valence-electron chi connectivity index (χ4n) is 2.20. The van der Waals surface area contributed by atoms with Gasteiger partial charge in [0, 0.05) is 5.02 Å². The van der Waals surface area contributed by atoms with E-state index in [1.807, 2.05) is 0 Å².